The van der Waals surface area contributed by atoms with Crippen LogP contribution in [0, 0.1) is 17.7 Å². The van der Waals surface area contributed by atoms with Gasteiger partial charge in [0.15, 0.2) is 0 Å². The van der Waals surface area contributed by atoms with Crippen LogP contribution in [-0.2, 0) is 0 Å². The summed E-state index contributed by atoms with van der Waals surface area (Å²) in [7, 11) is 0. The van der Waals surface area contributed by atoms with Gasteiger partial charge < -0.3 is 0 Å². The van der Waals surface area contributed by atoms with Crippen LogP contribution in [0.5, 0.6) is 0 Å². The average Bonchev–Trinajstić information content (AvgIpc) is 2.53. The van der Waals surface area contributed by atoms with Crippen LogP contribution in [-0.4, -0.2) is 0 Å². The van der Waals surface area contributed by atoms with Gasteiger partial charge in [0, 0.05) is 0 Å². The van der Waals surface area contributed by atoms with Crippen molar-refractivity contribution >= 4 is 0 Å². The van der Waals surface area contributed by atoms with Gasteiger partial charge in [-0.15, -0.1) is 0 Å². The molecule has 1 fully saturated rings. The van der Waals surface area contributed by atoms with E-state index in [0.717, 1.165) is 18.4 Å². The van der Waals surface area contributed by atoms with Crippen LogP contribution in [0.25, 0.3) is 0 Å². The monoisotopic (exact) mass is 181 g/mol. The van der Waals surface area contributed by atoms with E-state index in [4.69, 9.17) is 0 Å². The predicted octanol–water partition coefficient (Wildman–Crippen LogP) is 3.42. The molecule has 69 valence electrons. The van der Waals surface area contributed by atoms with E-state index >= 15 is 0 Å². The summed E-state index contributed by atoms with van der Waals surface area (Å²) in [6.07, 6.45) is 4.46. The van der Waals surface area contributed by atoms with Gasteiger partial charge >= 0.3 is 0 Å². The van der Waals surface area contributed by atoms with Gasteiger partial charge in [0.1, 0.15) is 11.6 Å². The smallest absolute Gasteiger partial charge is 0.134 e. The molecule has 13 heavy (non-hydrogen) atoms. The van der Waals surface area contributed by atoms with Gasteiger partial charge in [-0.05, 0) is 36.5 Å². The van der Waals surface area contributed by atoms with Crippen LogP contribution in [0.4, 0.5) is 8.78 Å². The molecule has 0 bridgehead atoms. The number of hydrogen-bond acceptors (Lipinski definition) is 0. The van der Waals surface area contributed by atoms with E-state index in [1.807, 2.05) is 6.07 Å². The van der Waals surface area contributed by atoms with Crippen LogP contribution in [0.15, 0.2) is 12.1 Å². The van der Waals surface area contributed by atoms with Gasteiger partial charge in [0.2, 0.25) is 0 Å². The van der Waals surface area contributed by atoms with Gasteiger partial charge in [0.05, 0.1) is 6.07 Å². The molecule has 1 aromatic rings. The molecule has 2 heteroatoms. The predicted molar refractivity (Wildman–Crippen MR) is 46.4 cm³/mol. The van der Waals surface area contributed by atoms with Crippen molar-refractivity contribution < 1.29 is 8.78 Å². The second-order valence-corrected chi connectivity index (χ2v) is 3.59. The molecule has 0 amide bonds. The molecule has 2 rings (SSSR count). The zero-order valence-electron chi connectivity index (χ0n) is 7.32. The molecule has 0 heterocycles. The highest BCUT2D eigenvalue weighted by Gasteiger charge is 2.18. The van der Waals surface area contributed by atoms with Crippen molar-refractivity contribution in [3.8, 4) is 0 Å². The first-order valence-electron chi connectivity index (χ1n) is 4.64. The van der Waals surface area contributed by atoms with Crippen LogP contribution >= 0.6 is 0 Å². The lowest BCUT2D eigenvalue weighted by molar-refractivity contribution is 0.569. The van der Waals surface area contributed by atoms with E-state index in [0.29, 0.717) is 5.92 Å². The van der Waals surface area contributed by atoms with E-state index in [2.05, 4.69) is 0 Å². The first-order chi connectivity index (χ1) is 6.25. The molecule has 1 aliphatic rings. The fourth-order valence-corrected chi connectivity index (χ4v) is 2.02. The number of rotatable bonds is 1. The summed E-state index contributed by atoms with van der Waals surface area (Å²) in [5.41, 5.74) is 0.797. The summed E-state index contributed by atoms with van der Waals surface area (Å²) in [4.78, 5) is 0. The highest BCUT2D eigenvalue weighted by Crippen LogP contribution is 2.34. The van der Waals surface area contributed by atoms with Crippen LogP contribution < -0.4 is 0 Å². The summed E-state index contributed by atoms with van der Waals surface area (Å²) in [6, 6.07) is 4.80. The molecule has 0 saturated heterocycles. The Kier molecular flexibility index (Phi) is 2.30. The maximum atomic E-state index is 12.8. The zero-order chi connectivity index (χ0) is 9.26. The lowest BCUT2D eigenvalue weighted by Crippen LogP contribution is -1.94. The molecular formula is C11H11F2. The quantitative estimate of drug-likeness (QED) is 0.622. The standard InChI is InChI=1S/C11H11F2/c12-10-5-9(6-11(13)7-10)8-3-1-2-4-8/h5-6,8H,1-4H2. The van der Waals surface area contributed by atoms with Gasteiger partial charge in [-0.2, -0.15) is 0 Å². The summed E-state index contributed by atoms with van der Waals surface area (Å²) in [5, 5.41) is 0. The number of halogens is 2. The third kappa shape index (κ3) is 1.87. The average molecular weight is 181 g/mol. The fraction of sp³-hybridized carbons (Fsp3) is 0.455. The third-order valence-corrected chi connectivity index (χ3v) is 2.65. The lowest BCUT2D eigenvalue weighted by atomic mass is 9.98. The SMILES string of the molecule is Fc1[c]c(F)cc(C2CCCC2)c1. The molecule has 1 aliphatic carbocycles. The maximum absolute atomic E-state index is 12.8. The Morgan fingerprint density at radius 2 is 1.62 bits per heavy atom. The van der Waals surface area contributed by atoms with E-state index < -0.39 is 11.6 Å². The molecule has 1 saturated carbocycles. The second-order valence-electron chi connectivity index (χ2n) is 3.59. The topological polar surface area (TPSA) is 0 Å². The molecule has 1 aromatic carbocycles. The first kappa shape index (κ1) is 8.67. The largest absolute Gasteiger partial charge is 0.206 e. The highest BCUT2D eigenvalue weighted by atomic mass is 19.1. The normalized spacial score (nSPS) is 18.0. The van der Waals surface area contributed by atoms with Crippen molar-refractivity contribution in [2.75, 3.05) is 0 Å². The van der Waals surface area contributed by atoms with Crippen molar-refractivity contribution in [3.63, 3.8) is 0 Å². The van der Waals surface area contributed by atoms with Gasteiger partial charge in [0.25, 0.3) is 0 Å². The summed E-state index contributed by atoms with van der Waals surface area (Å²) in [6.45, 7) is 0. The summed E-state index contributed by atoms with van der Waals surface area (Å²) < 4.78 is 25.6. The molecule has 1 radical (unpaired) electrons. The molecule has 0 aromatic heterocycles. The Morgan fingerprint density at radius 3 is 2.15 bits per heavy atom. The van der Waals surface area contributed by atoms with E-state index in [9.17, 15) is 8.78 Å². The minimum absolute atomic E-state index is 0.360. The Labute approximate surface area is 76.6 Å². The van der Waals surface area contributed by atoms with Crippen LogP contribution in [0.1, 0.15) is 37.2 Å². The Hall–Kier alpha value is -0.920. The fourth-order valence-electron chi connectivity index (χ4n) is 2.02. The van der Waals surface area contributed by atoms with Gasteiger partial charge in [-0.3, -0.25) is 0 Å². The van der Waals surface area contributed by atoms with E-state index in [-0.39, 0.29) is 0 Å². The Morgan fingerprint density at radius 1 is 1.08 bits per heavy atom. The Bertz CT molecular complexity index is 281. The summed E-state index contributed by atoms with van der Waals surface area (Å²) >= 11 is 0. The minimum Gasteiger partial charge on any atom is -0.206 e. The minimum atomic E-state index is -0.582. The van der Waals surface area contributed by atoms with Crippen LogP contribution in [0.3, 0.4) is 0 Å². The molecular weight excluding hydrogens is 170 g/mol. The first-order valence-corrected chi connectivity index (χ1v) is 4.64. The van der Waals surface area contributed by atoms with Crippen LogP contribution in [0.2, 0.25) is 0 Å². The molecule has 0 unspecified atom stereocenters. The van der Waals surface area contributed by atoms with Crippen molar-refractivity contribution in [2.24, 2.45) is 0 Å². The van der Waals surface area contributed by atoms with Crippen molar-refractivity contribution in [3.05, 3.63) is 35.4 Å². The maximum Gasteiger partial charge on any atom is 0.134 e. The van der Waals surface area contributed by atoms with E-state index in [1.165, 1.54) is 25.0 Å². The zero-order valence-corrected chi connectivity index (χ0v) is 7.32. The summed E-state index contributed by atoms with van der Waals surface area (Å²) in [5.74, 6) is -0.803. The van der Waals surface area contributed by atoms with Crippen molar-refractivity contribution in [1.82, 2.24) is 0 Å². The Balaban J connectivity index is 2.28. The van der Waals surface area contributed by atoms with E-state index in [1.54, 1.807) is 0 Å². The molecule has 0 N–H and O–H groups in total. The molecule has 0 aliphatic heterocycles. The third-order valence-electron chi connectivity index (χ3n) is 2.65. The molecule has 0 spiro atoms. The number of hydrogen-bond donors (Lipinski definition) is 0. The van der Waals surface area contributed by atoms with Crippen molar-refractivity contribution in [1.29, 1.82) is 0 Å². The van der Waals surface area contributed by atoms with Gasteiger partial charge in [-0.1, -0.05) is 12.8 Å². The molecule has 0 atom stereocenters. The molecule has 0 nitrogen and oxygen atoms in total. The van der Waals surface area contributed by atoms with Crippen molar-refractivity contribution in [2.45, 2.75) is 31.6 Å². The van der Waals surface area contributed by atoms with Gasteiger partial charge in [-0.25, -0.2) is 8.78 Å². The second kappa shape index (κ2) is 3.44. The lowest BCUT2D eigenvalue weighted by Gasteiger charge is -2.08. The highest BCUT2D eigenvalue weighted by molar-refractivity contribution is 5.21. The number of benzene rings is 1.